The van der Waals surface area contributed by atoms with Crippen LogP contribution in [0.25, 0.3) is 0 Å². The molecule has 1 aromatic rings. The predicted molar refractivity (Wildman–Crippen MR) is 43.9 cm³/mol. The number of nitrogens with zero attached hydrogens (tertiary/aromatic N) is 1. The van der Waals surface area contributed by atoms with E-state index >= 15 is 0 Å². The van der Waals surface area contributed by atoms with E-state index in [1.54, 1.807) is 0 Å². The molecule has 0 fully saturated rings. The molecule has 1 N–H and O–H groups in total. The van der Waals surface area contributed by atoms with Crippen molar-refractivity contribution in [1.29, 1.82) is 0 Å². The predicted octanol–water partition coefficient (Wildman–Crippen LogP) is 2.56. The van der Waals surface area contributed by atoms with Crippen molar-refractivity contribution in [2.75, 3.05) is 0 Å². The summed E-state index contributed by atoms with van der Waals surface area (Å²) < 4.78 is 36.6. The molecule has 0 aromatic carbocycles. The highest BCUT2D eigenvalue weighted by Gasteiger charge is 2.38. The number of halogens is 4. The van der Waals surface area contributed by atoms with Crippen LogP contribution in [0.2, 0.25) is 0 Å². The van der Waals surface area contributed by atoms with Crippen LogP contribution in [-0.4, -0.2) is 16.1 Å². The largest absolute Gasteiger partial charge is 0.478 e. The summed E-state index contributed by atoms with van der Waals surface area (Å²) in [5.74, 6) is -1.67. The van der Waals surface area contributed by atoms with Gasteiger partial charge >= 0.3 is 12.1 Å². The van der Waals surface area contributed by atoms with E-state index < -0.39 is 23.4 Å². The van der Waals surface area contributed by atoms with Gasteiger partial charge in [0.2, 0.25) is 0 Å². The maximum atomic E-state index is 12.2. The number of carboxylic acid groups (broad SMARTS) is 1. The molecule has 76 valence electrons. The molecular weight excluding hydrogens is 267 g/mol. The fourth-order valence-electron chi connectivity index (χ4n) is 0.857. The molecular formula is C7H3BrF3NO2. The third kappa shape index (κ3) is 2.03. The molecule has 0 saturated heterocycles. The molecule has 1 heterocycles. The topological polar surface area (TPSA) is 50.2 Å². The molecule has 0 unspecified atom stereocenters. The molecule has 1 aromatic heterocycles. The van der Waals surface area contributed by atoms with E-state index in [1.807, 2.05) is 0 Å². The lowest BCUT2D eigenvalue weighted by Crippen LogP contribution is -2.15. The number of alkyl halides is 3. The Morgan fingerprint density at radius 3 is 2.43 bits per heavy atom. The van der Waals surface area contributed by atoms with Gasteiger partial charge in [0, 0.05) is 10.7 Å². The first-order valence-corrected chi connectivity index (χ1v) is 4.08. The first-order chi connectivity index (χ1) is 6.34. The lowest BCUT2D eigenvalue weighted by atomic mass is 10.2. The van der Waals surface area contributed by atoms with Crippen molar-refractivity contribution >= 4 is 21.9 Å². The molecule has 0 spiro atoms. The zero-order chi connectivity index (χ0) is 10.9. The van der Waals surface area contributed by atoms with E-state index in [-0.39, 0.29) is 4.47 Å². The number of hydrogen-bond donors (Lipinski definition) is 1. The third-order valence-corrected chi connectivity index (χ3v) is 2.04. The molecule has 0 aliphatic rings. The highest BCUT2D eigenvalue weighted by molar-refractivity contribution is 9.10. The maximum Gasteiger partial charge on any atom is 0.434 e. The maximum absolute atomic E-state index is 12.2. The normalized spacial score (nSPS) is 11.4. The van der Waals surface area contributed by atoms with Crippen molar-refractivity contribution in [3.63, 3.8) is 0 Å². The van der Waals surface area contributed by atoms with Gasteiger partial charge in [0.1, 0.15) is 5.56 Å². The van der Waals surface area contributed by atoms with Gasteiger partial charge in [-0.3, -0.25) is 4.98 Å². The van der Waals surface area contributed by atoms with Gasteiger partial charge in [-0.1, -0.05) is 0 Å². The van der Waals surface area contributed by atoms with Crippen molar-refractivity contribution in [1.82, 2.24) is 4.98 Å². The Kier molecular flexibility index (Phi) is 2.79. The number of aromatic carboxylic acids is 1. The summed E-state index contributed by atoms with van der Waals surface area (Å²) in [5, 5.41) is 8.54. The van der Waals surface area contributed by atoms with Crippen LogP contribution in [0.3, 0.4) is 0 Å². The van der Waals surface area contributed by atoms with Crippen LogP contribution in [0, 0.1) is 0 Å². The van der Waals surface area contributed by atoms with Crippen LogP contribution in [0.4, 0.5) is 13.2 Å². The molecule has 0 atom stereocenters. The fourth-order valence-corrected chi connectivity index (χ4v) is 1.33. The van der Waals surface area contributed by atoms with Gasteiger partial charge in [-0.15, -0.1) is 0 Å². The monoisotopic (exact) mass is 269 g/mol. The summed E-state index contributed by atoms with van der Waals surface area (Å²) in [7, 11) is 0. The molecule has 0 aliphatic carbocycles. The van der Waals surface area contributed by atoms with Gasteiger partial charge in [0.05, 0.1) is 0 Å². The SMILES string of the molecule is O=C(O)c1c(Br)ccnc1C(F)(F)F. The molecule has 0 aliphatic heterocycles. The van der Waals surface area contributed by atoms with E-state index in [4.69, 9.17) is 5.11 Å². The molecule has 3 nitrogen and oxygen atoms in total. The van der Waals surface area contributed by atoms with E-state index in [2.05, 4.69) is 20.9 Å². The second-order valence-corrected chi connectivity index (χ2v) is 3.17. The number of carbonyl (C=O) groups is 1. The van der Waals surface area contributed by atoms with E-state index in [9.17, 15) is 18.0 Å². The van der Waals surface area contributed by atoms with Gasteiger partial charge in [-0.25, -0.2) is 4.79 Å². The van der Waals surface area contributed by atoms with Crippen LogP contribution in [0.5, 0.6) is 0 Å². The van der Waals surface area contributed by atoms with Gasteiger partial charge in [-0.05, 0) is 22.0 Å². The quantitative estimate of drug-likeness (QED) is 0.853. The molecule has 14 heavy (non-hydrogen) atoms. The van der Waals surface area contributed by atoms with Crippen molar-refractivity contribution in [3.8, 4) is 0 Å². The Morgan fingerprint density at radius 2 is 2.07 bits per heavy atom. The highest BCUT2D eigenvalue weighted by atomic mass is 79.9. The molecule has 0 bridgehead atoms. The van der Waals surface area contributed by atoms with Crippen molar-refractivity contribution < 1.29 is 23.1 Å². The minimum Gasteiger partial charge on any atom is -0.478 e. The van der Waals surface area contributed by atoms with Crippen LogP contribution in [0.1, 0.15) is 16.1 Å². The summed E-state index contributed by atoms with van der Waals surface area (Å²) in [4.78, 5) is 13.5. The van der Waals surface area contributed by atoms with Crippen LogP contribution in [-0.2, 0) is 6.18 Å². The summed E-state index contributed by atoms with van der Waals surface area (Å²) in [6.45, 7) is 0. The molecule has 0 saturated carbocycles. The van der Waals surface area contributed by atoms with E-state index in [0.29, 0.717) is 0 Å². The Morgan fingerprint density at radius 1 is 1.50 bits per heavy atom. The van der Waals surface area contributed by atoms with E-state index in [0.717, 1.165) is 12.3 Å². The second kappa shape index (κ2) is 3.56. The lowest BCUT2D eigenvalue weighted by molar-refractivity contribution is -0.141. The zero-order valence-electron chi connectivity index (χ0n) is 6.47. The van der Waals surface area contributed by atoms with Gasteiger partial charge in [0.25, 0.3) is 0 Å². The number of carboxylic acids is 1. The minimum absolute atomic E-state index is 0.146. The third-order valence-electron chi connectivity index (χ3n) is 1.38. The Hall–Kier alpha value is -1.11. The van der Waals surface area contributed by atoms with Gasteiger partial charge in [0.15, 0.2) is 5.69 Å². The van der Waals surface area contributed by atoms with Crippen LogP contribution >= 0.6 is 15.9 Å². The summed E-state index contributed by atoms with van der Waals surface area (Å²) >= 11 is 2.72. The number of pyridine rings is 1. The smallest absolute Gasteiger partial charge is 0.434 e. The first-order valence-electron chi connectivity index (χ1n) is 3.29. The zero-order valence-corrected chi connectivity index (χ0v) is 8.06. The fraction of sp³-hybridized carbons (Fsp3) is 0.143. The lowest BCUT2D eigenvalue weighted by Gasteiger charge is -2.09. The molecule has 0 radical (unpaired) electrons. The van der Waals surface area contributed by atoms with Crippen molar-refractivity contribution in [2.45, 2.75) is 6.18 Å². The summed E-state index contributed by atoms with van der Waals surface area (Å²) in [6, 6.07) is 1.14. The van der Waals surface area contributed by atoms with Gasteiger partial charge < -0.3 is 5.11 Å². The van der Waals surface area contributed by atoms with Crippen molar-refractivity contribution in [2.24, 2.45) is 0 Å². The number of rotatable bonds is 1. The summed E-state index contributed by atoms with van der Waals surface area (Å²) in [5.41, 5.74) is -2.28. The minimum atomic E-state index is -4.77. The average molecular weight is 270 g/mol. The Bertz CT molecular complexity index is 378. The highest BCUT2D eigenvalue weighted by Crippen LogP contribution is 2.33. The average Bonchev–Trinajstić information content (AvgIpc) is 2.01. The second-order valence-electron chi connectivity index (χ2n) is 2.32. The number of aromatic nitrogens is 1. The summed E-state index contributed by atoms with van der Waals surface area (Å²) in [6.07, 6.45) is -3.88. The van der Waals surface area contributed by atoms with Crippen LogP contribution in [0.15, 0.2) is 16.7 Å². The van der Waals surface area contributed by atoms with Crippen LogP contribution < -0.4 is 0 Å². The van der Waals surface area contributed by atoms with Crippen molar-refractivity contribution in [3.05, 3.63) is 28.0 Å². The molecule has 0 amide bonds. The molecule has 7 heteroatoms. The number of hydrogen-bond acceptors (Lipinski definition) is 2. The standard InChI is InChI=1S/C7H3BrF3NO2/c8-3-1-2-12-5(7(9,10)11)4(3)6(13)14/h1-2H,(H,13,14). The Balaban J connectivity index is 3.44. The first kappa shape index (κ1) is 11.0. The van der Waals surface area contributed by atoms with Gasteiger partial charge in [-0.2, -0.15) is 13.2 Å². The van der Waals surface area contributed by atoms with E-state index in [1.165, 1.54) is 0 Å². The Labute approximate surface area is 84.7 Å². The molecule has 1 rings (SSSR count).